The van der Waals surface area contributed by atoms with Crippen LogP contribution in [-0.4, -0.2) is 51.4 Å². The van der Waals surface area contributed by atoms with E-state index in [4.69, 9.17) is 11.6 Å². The molecule has 8 nitrogen and oxygen atoms in total. The zero-order valence-electron chi connectivity index (χ0n) is 13.5. The first-order valence-electron chi connectivity index (χ1n) is 7.60. The molecule has 10 heteroatoms. The van der Waals surface area contributed by atoms with Crippen LogP contribution in [0.1, 0.15) is 18.4 Å². The summed E-state index contributed by atoms with van der Waals surface area (Å²) in [6, 6.07) is 0.110. The van der Waals surface area contributed by atoms with Gasteiger partial charge in [-0.25, -0.2) is 23.4 Å². The Kier molecular flexibility index (Phi) is 4.75. The number of nitrogens with zero attached hydrogens (tertiary/aromatic N) is 5. The summed E-state index contributed by atoms with van der Waals surface area (Å²) in [7, 11) is -1.78. The number of aryl methyl sites for hydroxylation is 2. The molecule has 0 amide bonds. The molecule has 0 aliphatic carbocycles. The monoisotopic (exact) mass is 370 g/mol. The Hall–Kier alpha value is -1.71. The molecule has 0 radical (unpaired) electrons. The lowest BCUT2D eigenvalue weighted by Gasteiger charge is -2.31. The molecule has 1 saturated heterocycles. The second-order valence-electron chi connectivity index (χ2n) is 5.87. The van der Waals surface area contributed by atoms with Crippen LogP contribution in [0.4, 0.5) is 5.95 Å². The van der Waals surface area contributed by atoms with E-state index in [-0.39, 0.29) is 11.1 Å². The van der Waals surface area contributed by atoms with Crippen molar-refractivity contribution in [1.82, 2.24) is 23.8 Å². The molecule has 1 aliphatic rings. The Morgan fingerprint density at radius 3 is 2.58 bits per heavy atom. The Labute approximate surface area is 145 Å². The minimum atomic E-state index is -3.53. The van der Waals surface area contributed by atoms with E-state index in [0.29, 0.717) is 37.0 Å². The number of halogens is 1. The highest BCUT2D eigenvalue weighted by atomic mass is 35.5. The third kappa shape index (κ3) is 3.52. The summed E-state index contributed by atoms with van der Waals surface area (Å²) in [5.41, 5.74) is 0.818. The molecular weight excluding hydrogens is 352 g/mol. The Morgan fingerprint density at radius 1 is 1.29 bits per heavy atom. The predicted octanol–water partition coefficient (Wildman–Crippen LogP) is 1.44. The number of piperidine rings is 1. The summed E-state index contributed by atoms with van der Waals surface area (Å²) < 4.78 is 28.2. The van der Waals surface area contributed by atoms with Crippen LogP contribution in [0.2, 0.25) is 5.15 Å². The van der Waals surface area contributed by atoms with Crippen molar-refractivity contribution in [3.63, 3.8) is 0 Å². The highest BCUT2D eigenvalue weighted by Gasteiger charge is 2.31. The third-order valence-electron chi connectivity index (χ3n) is 3.98. The molecule has 0 unspecified atom stereocenters. The van der Waals surface area contributed by atoms with Gasteiger partial charge >= 0.3 is 0 Å². The van der Waals surface area contributed by atoms with Crippen LogP contribution in [0.25, 0.3) is 0 Å². The highest BCUT2D eigenvalue weighted by Crippen LogP contribution is 2.21. The van der Waals surface area contributed by atoms with Gasteiger partial charge in [-0.2, -0.15) is 4.31 Å². The van der Waals surface area contributed by atoms with Crippen molar-refractivity contribution < 1.29 is 8.42 Å². The number of hydrogen-bond acceptors (Lipinski definition) is 6. The topological polar surface area (TPSA) is 93.0 Å². The first-order chi connectivity index (χ1) is 11.4. The maximum atomic E-state index is 12.5. The van der Waals surface area contributed by atoms with Crippen LogP contribution in [0.15, 0.2) is 23.7 Å². The van der Waals surface area contributed by atoms with Gasteiger partial charge < -0.3 is 9.88 Å². The lowest BCUT2D eigenvalue weighted by Crippen LogP contribution is -2.42. The maximum absolute atomic E-state index is 12.5. The van der Waals surface area contributed by atoms with E-state index in [1.807, 2.05) is 6.92 Å². The van der Waals surface area contributed by atoms with Crippen molar-refractivity contribution in [2.75, 3.05) is 18.4 Å². The standard InChI is InChI=1S/C14H19ClN6O2S/c1-10-7-16-14(19-13(10)15)18-11-3-5-21(6-4-11)24(22,23)12-8-20(2)9-17-12/h7-9,11H,3-6H2,1-2H3,(H,16,18,19). The summed E-state index contributed by atoms with van der Waals surface area (Å²) in [4.78, 5) is 12.3. The van der Waals surface area contributed by atoms with Crippen LogP contribution < -0.4 is 5.32 Å². The van der Waals surface area contributed by atoms with E-state index in [1.165, 1.54) is 16.8 Å². The molecule has 2 aromatic rings. The number of imidazole rings is 1. The van der Waals surface area contributed by atoms with E-state index in [0.717, 1.165) is 5.56 Å². The molecule has 3 heterocycles. The molecule has 0 saturated carbocycles. The highest BCUT2D eigenvalue weighted by molar-refractivity contribution is 7.89. The van der Waals surface area contributed by atoms with Gasteiger partial charge in [-0.15, -0.1) is 0 Å². The Morgan fingerprint density at radius 2 is 2.00 bits per heavy atom. The first-order valence-corrected chi connectivity index (χ1v) is 9.42. The fourth-order valence-corrected chi connectivity index (χ4v) is 4.13. The molecule has 24 heavy (non-hydrogen) atoms. The number of rotatable bonds is 4. The molecule has 1 N–H and O–H groups in total. The third-order valence-corrected chi connectivity index (χ3v) is 6.15. The largest absolute Gasteiger partial charge is 0.351 e. The van der Waals surface area contributed by atoms with E-state index < -0.39 is 10.0 Å². The molecule has 2 aromatic heterocycles. The number of hydrogen-bond donors (Lipinski definition) is 1. The number of aromatic nitrogens is 4. The van der Waals surface area contributed by atoms with Crippen LogP contribution in [0, 0.1) is 6.92 Å². The first kappa shape index (κ1) is 17.1. The van der Waals surface area contributed by atoms with Crippen molar-refractivity contribution in [2.24, 2.45) is 7.05 Å². The van der Waals surface area contributed by atoms with Crippen molar-refractivity contribution in [1.29, 1.82) is 0 Å². The number of sulfonamides is 1. The zero-order chi connectivity index (χ0) is 17.3. The zero-order valence-corrected chi connectivity index (χ0v) is 15.0. The molecule has 0 atom stereocenters. The average Bonchev–Trinajstić information content (AvgIpc) is 2.99. The molecule has 1 aliphatic heterocycles. The van der Waals surface area contributed by atoms with Gasteiger partial charge in [0.2, 0.25) is 5.95 Å². The lowest BCUT2D eigenvalue weighted by atomic mass is 10.1. The smallest absolute Gasteiger partial charge is 0.262 e. The fourth-order valence-electron chi connectivity index (χ4n) is 2.57. The van der Waals surface area contributed by atoms with E-state index in [1.54, 1.807) is 17.8 Å². The molecule has 0 bridgehead atoms. The van der Waals surface area contributed by atoms with Crippen LogP contribution >= 0.6 is 11.6 Å². The van der Waals surface area contributed by atoms with Gasteiger partial charge in [0.05, 0.1) is 6.33 Å². The van der Waals surface area contributed by atoms with E-state index in [2.05, 4.69) is 20.3 Å². The van der Waals surface area contributed by atoms with Crippen molar-refractivity contribution in [2.45, 2.75) is 30.8 Å². The summed E-state index contributed by atoms with van der Waals surface area (Å²) in [5, 5.41) is 3.72. The Balaban J connectivity index is 1.62. The van der Waals surface area contributed by atoms with Gasteiger partial charge in [-0.05, 0) is 19.8 Å². The average molecular weight is 371 g/mol. The van der Waals surface area contributed by atoms with Gasteiger partial charge in [0.15, 0.2) is 5.03 Å². The second kappa shape index (κ2) is 6.66. The van der Waals surface area contributed by atoms with E-state index in [9.17, 15) is 8.42 Å². The van der Waals surface area contributed by atoms with Crippen LogP contribution in [0.5, 0.6) is 0 Å². The SMILES string of the molecule is Cc1cnc(NC2CCN(S(=O)(=O)c3cn(C)cn3)CC2)nc1Cl. The fraction of sp³-hybridized carbons (Fsp3) is 0.500. The van der Waals surface area contributed by atoms with Crippen LogP contribution in [0.3, 0.4) is 0 Å². The minimum absolute atomic E-state index is 0.0880. The van der Waals surface area contributed by atoms with Gasteiger partial charge in [-0.1, -0.05) is 11.6 Å². The molecule has 130 valence electrons. The molecule has 1 fully saturated rings. The van der Waals surface area contributed by atoms with E-state index >= 15 is 0 Å². The maximum Gasteiger partial charge on any atom is 0.262 e. The van der Waals surface area contributed by atoms with Crippen molar-refractivity contribution in [3.8, 4) is 0 Å². The molecular formula is C14H19ClN6O2S. The normalized spacial score (nSPS) is 17.1. The molecule has 0 spiro atoms. The van der Waals surface area contributed by atoms with Crippen molar-refractivity contribution >= 4 is 27.6 Å². The van der Waals surface area contributed by atoms with Crippen LogP contribution in [-0.2, 0) is 17.1 Å². The van der Waals surface area contributed by atoms with Crippen molar-refractivity contribution in [3.05, 3.63) is 29.4 Å². The summed E-state index contributed by atoms with van der Waals surface area (Å²) in [6.45, 7) is 2.69. The Bertz CT molecular complexity index is 830. The van der Waals surface area contributed by atoms with Gasteiger partial charge in [0, 0.05) is 44.1 Å². The molecule has 0 aromatic carbocycles. The number of nitrogens with one attached hydrogen (secondary N) is 1. The van der Waals surface area contributed by atoms with Gasteiger partial charge in [0.25, 0.3) is 10.0 Å². The lowest BCUT2D eigenvalue weighted by molar-refractivity contribution is 0.328. The van der Waals surface area contributed by atoms with Gasteiger partial charge in [-0.3, -0.25) is 0 Å². The van der Waals surface area contributed by atoms with Gasteiger partial charge in [0.1, 0.15) is 5.15 Å². The second-order valence-corrected chi connectivity index (χ2v) is 8.11. The quantitative estimate of drug-likeness (QED) is 0.818. The number of anilines is 1. The predicted molar refractivity (Wildman–Crippen MR) is 90.4 cm³/mol. The minimum Gasteiger partial charge on any atom is -0.351 e. The summed E-state index contributed by atoms with van der Waals surface area (Å²) in [6.07, 6.45) is 6.00. The summed E-state index contributed by atoms with van der Waals surface area (Å²) >= 11 is 6.00. The summed E-state index contributed by atoms with van der Waals surface area (Å²) in [5.74, 6) is 0.469. The molecule has 3 rings (SSSR count).